The molecule has 3 heterocycles. The molecule has 176 valence electrons. The van der Waals surface area contributed by atoms with E-state index in [0.29, 0.717) is 0 Å². The van der Waals surface area contributed by atoms with E-state index in [2.05, 4.69) is 44.9 Å². The van der Waals surface area contributed by atoms with Crippen molar-refractivity contribution in [3.8, 4) is 11.4 Å². The van der Waals surface area contributed by atoms with Crippen LogP contribution in [0.15, 0.2) is 47.6 Å². The Morgan fingerprint density at radius 3 is 2.79 bits per heavy atom. The summed E-state index contributed by atoms with van der Waals surface area (Å²) in [7, 11) is 0. The number of fused-ring (bicyclic) bond motifs is 1. The van der Waals surface area contributed by atoms with Crippen molar-refractivity contribution in [2.75, 3.05) is 42.3 Å². The Morgan fingerprint density at radius 2 is 2.00 bits per heavy atom. The second-order valence-electron chi connectivity index (χ2n) is 7.98. The molecule has 1 saturated heterocycles. The fourth-order valence-electron chi connectivity index (χ4n) is 3.91. The number of rotatable bonds is 7. The smallest absolute Gasteiger partial charge is 0.234 e. The van der Waals surface area contributed by atoms with Crippen LogP contribution in [-0.4, -0.2) is 57.7 Å². The summed E-state index contributed by atoms with van der Waals surface area (Å²) in [6.45, 7) is 8.02. The summed E-state index contributed by atoms with van der Waals surface area (Å²) in [5.41, 5.74) is 3.92. The largest absolute Gasteiger partial charge is 0.378 e. The van der Waals surface area contributed by atoms with Crippen LogP contribution in [0.3, 0.4) is 0 Å². The van der Waals surface area contributed by atoms with Crippen molar-refractivity contribution >= 4 is 50.0 Å². The van der Waals surface area contributed by atoms with E-state index in [1.54, 1.807) is 11.3 Å². The van der Waals surface area contributed by atoms with Gasteiger partial charge in [0.1, 0.15) is 0 Å². The van der Waals surface area contributed by atoms with Gasteiger partial charge in [0.25, 0.3) is 0 Å². The number of aryl methyl sites for hydroxylation is 1. The van der Waals surface area contributed by atoms with Gasteiger partial charge in [0.15, 0.2) is 16.1 Å². The first kappa shape index (κ1) is 22.8. The van der Waals surface area contributed by atoms with Crippen LogP contribution >= 0.6 is 23.1 Å². The first-order chi connectivity index (χ1) is 16.6. The van der Waals surface area contributed by atoms with E-state index in [1.807, 2.05) is 36.4 Å². The molecule has 0 radical (unpaired) electrons. The Labute approximate surface area is 206 Å². The third-order valence-electron chi connectivity index (χ3n) is 5.69. The summed E-state index contributed by atoms with van der Waals surface area (Å²) >= 11 is 3.04. The summed E-state index contributed by atoms with van der Waals surface area (Å²) in [6, 6.07) is 14.0. The number of hydrogen-bond donors (Lipinski definition) is 1. The zero-order valence-corrected chi connectivity index (χ0v) is 20.8. The number of aromatic nitrogens is 4. The lowest BCUT2D eigenvalue weighted by atomic mass is 10.1. The highest BCUT2D eigenvalue weighted by Crippen LogP contribution is 2.31. The molecule has 5 rings (SSSR count). The number of benzene rings is 2. The fourth-order valence-corrected chi connectivity index (χ4v) is 5.77. The van der Waals surface area contributed by atoms with Gasteiger partial charge in [-0.15, -0.1) is 10.2 Å². The Balaban J connectivity index is 1.24. The average molecular weight is 495 g/mol. The van der Waals surface area contributed by atoms with Crippen LogP contribution in [0.5, 0.6) is 0 Å². The molecule has 0 spiro atoms. The van der Waals surface area contributed by atoms with Gasteiger partial charge in [0.05, 0.1) is 29.2 Å². The Morgan fingerprint density at radius 1 is 1.18 bits per heavy atom. The molecule has 0 atom stereocenters. The average Bonchev–Trinajstić information content (AvgIpc) is 3.47. The van der Waals surface area contributed by atoms with Gasteiger partial charge in [-0.25, -0.2) is 4.98 Å². The monoisotopic (exact) mass is 494 g/mol. The molecule has 1 amide bonds. The third-order valence-corrected chi connectivity index (χ3v) is 7.74. The molecule has 34 heavy (non-hydrogen) atoms. The normalized spacial score (nSPS) is 14.0. The number of thiazole rings is 1. The number of nitrogens with zero attached hydrogens (tertiary/aromatic N) is 5. The lowest BCUT2D eigenvalue weighted by Crippen LogP contribution is -2.36. The van der Waals surface area contributed by atoms with Crippen LogP contribution in [0.4, 0.5) is 10.8 Å². The van der Waals surface area contributed by atoms with Crippen molar-refractivity contribution < 1.29 is 9.53 Å². The van der Waals surface area contributed by atoms with Crippen LogP contribution in [0.2, 0.25) is 0 Å². The fraction of sp³-hybridized carbons (Fsp3) is 0.333. The minimum Gasteiger partial charge on any atom is -0.378 e. The predicted molar refractivity (Wildman–Crippen MR) is 138 cm³/mol. The molecular formula is C24H26N6O2S2. The molecule has 0 aliphatic carbocycles. The highest BCUT2D eigenvalue weighted by molar-refractivity contribution is 7.99. The zero-order valence-electron chi connectivity index (χ0n) is 19.2. The topological polar surface area (TPSA) is 85.2 Å². The quantitative estimate of drug-likeness (QED) is 0.380. The molecule has 0 saturated carbocycles. The van der Waals surface area contributed by atoms with Crippen molar-refractivity contribution in [3.05, 3.63) is 48.0 Å². The van der Waals surface area contributed by atoms with E-state index < -0.39 is 0 Å². The van der Waals surface area contributed by atoms with Crippen LogP contribution in [0, 0.1) is 6.92 Å². The molecular weight excluding hydrogens is 468 g/mol. The van der Waals surface area contributed by atoms with Crippen LogP contribution in [0.25, 0.3) is 21.6 Å². The summed E-state index contributed by atoms with van der Waals surface area (Å²) in [6.07, 6.45) is 0. The van der Waals surface area contributed by atoms with Gasteiger partial charge >= 0.3 is 0 Å². The molecule has 1 aliphatic rings. The zero-order chi connectivity index (χ0) is 23.5. The predicted octanol–water partition coefficient (Wildman–Crippen LogP) is 4.45. The summed E-state index contributed by atoms with van der Waals surface area (Å²) in [5.74, 6) is 1.01. The maximum absolute atomic E-state index is 12.7. The highest BCUT2D eigenvalue weighted by Gasteiger charge is 2.17. The number of carbonyl (C=O) groups excluding carboxylic acids is 1. The van der Waals surface area contributed by atoms with Crippen molar-refractivity contribution in [3.63, 3.8) is 0 Å². The van der Waals surface area contributed by atoms with E-state index in [0.717, 1.165) is 76.0 Å². The van der Waals surface area contributed by atoms with Gasteiger partial charge in [-0.2, -0.15) is 0 Å². The van der Waals surface area contributed by atoms with E-state index in [1.165, 1.54) is 11.8 Å². The molecule has 1 fully saturated rings. The highest BCUT2D eigenvalue weighted by atomic mass is 32.2. The van der Waals surface area contributed by atoms with Gasteiger partial charge in [-0.3, -0.25) is 4.79 Å². The van der Waals surface area contributed by atoms with Gasteiger partial charge in [-0.1, -0.05) is 47.4 Å². The number of hydrogen-bond acceptors (Lipinski definition) is 8. The molecule has 4 aromatic rings. The second-order valence-corrected chi connectivity index (χ2v) is 9.93. The van der Waals surface area contributed by atoms with E-state index >= 15 is 0 Å². The Bertz CT molecular complexity index is 1310. The standard InChI is InChI=1S/C24H26N6O2S2/c1-3-30-22(18-7-5-4-6-16(18)2)27-28-24(30)33-15-21(31)25-17-8-9-19-20(14-17)34-23(26-19)29-10-12-32-13-11-29/h4-9,14H,3,10-13,15H2,1-2H3,(H,25,31). The molecule has 8 nitrogen and oxygen atoms in total. The Hall–Kier alpha value is -2.95. The second kappa shape index (κ2) is 10.1. The molecule has 1 N–H and O–H groups in total. The van der Waals surface area contributed by atoms with Gasteiger partial charge in [0, 0.05) is 30.9 Å². The van der Waals surface area contributed by atoms with E-state index in [4.69, 9.17) is 9.72 Å². The van der Waals surface area contributed by atoms with Crippen molar-refractivity contribution in [2.24, 2.45) is 0 Å². The van der Waals surface area contributed by atoms with Gasteiger partial charge in [-0.05, 0) is 37.6 Å². The number of ether oxygens (including phenoxy) is 1. The number of anilines is 2. The number of amides is 1. The lowest BCUT2D eigenvalue weighted by Gasteiger charge is -2.25. The first-order valence-corrected chi connectivity index (χ1v) is 13.1. The van der Waals surface area contributed by atoms with Crippen molar-refractivity contribution in [2.45, 2.75) is 25.5 Å². The van der Waals surface area contributed by atoms with Crippen LogP contribution in [0.1, 0.15) is 12.5 Å². The van der Waals surface area contributed by atoms with Crippen LogP contribution in [-0.2, 0) is 16.1 Å². The molecule has 2 aromatic heterocycles. The summed E-state index contributed by atoms with van der Waals surface area (Å²) in [5, 5.41) is 13.5. The van der Waals surface area contributed by atoms with E-state index in [-0.39, 0.29) is 11.7 Å². The number of nitrogens with one attached hydrogen (secondary N) is 1. The lowest BCUT2D eigenvalue weighted by molar-refractivity contribution is -0.113. The maximum Gasteiger partial charge on any atom is 0.234 e. The van der Waals surface area contributed by atoms with Crippen molar-refractivity contribution in [1.29, 1.82) is 0 Å². The molecule has 10 heteroatoms. The number of morpholine rings is 1. The van der Waals surface area contributed by atoms with Crippen molar-refractivity contribution in [1.82, 2.24) is 19.7 Å². The minimum atomic E-state index is -0.0784. The maximum atomic E-state index is 12.7. The minimum absolute atomic E-state index is 0.0784. The molecule has 0 bridgehead atoms. The number of carbonyl (C=O) groups is 1. The summed E-state index contributed by atoms with van der Waals surface area (Å²) < 4.78 is 8.54. The first-order valence-electron chi connectivity index (χ1n) is 11.3. The van der Waals surface area contributed by atoms with E-state index in [9.17, 15) is 4.79 Å². The molecule has 1 aliphatic heterocycles. The molecule has 0 unspecified atom stereocenters. The van der Waals surface area contributed by atoms with Crippen LogP contribution < -0.4 is 10.2 Å². The molecule has 2 aromatic carbocycles. The summed E-state index contributed by atoms with van der Waals surface area (Å²) in [4.78, 5) is 19.7. The SMILES string of the molecule is CCn1c(SCC(=O)Nc2ccc3nc(N4CCOCC4)sc3c2)nnc1-c1ccccc1C. The van der Waals surface area contributed by atoms with Gasteiger partial charge < -0.3 is 19.5 Å². The van der Waals surface area contributed by atoms with Gasteiger partial charge in [0.2, 0.25) is 5.91 Å². The Kier molecular flexibility index (Phi) is 6.80. The third kappa shape index (κ3) is 4.79. The number of thioether (sulfide) groups is 1.